The first kappa shape index (κ1) is 90.1. The lowest BCUT2D eigenvalue weighted by molar-refractivity contribution is -0.193. The molecule has 18 N–H and O–H groups in total. The van der Waals surface area contributed by atoms with Crippen LogP contribution in [0.25, 0.3) is 0 Å². The number of likely N-dealkylation sites (tertiary alicyclic amines) is 5. The van der Waals surface area contributed by atoms with Gasteiger partial charge in [-0.25, -0.2) is 0 Å². The maximum absolute atomic E-state index is 9.69. The van der Waals surface area contributed by atoms with E-state index in [1.165, 1.54) is 38.5 Å². The molecule has 0 aromatic rings. The van der Waals surface area contributed by atoms with Crippen molar-refractivity contribution < 1.29 is 59.4 Å². The zero-order chi connectivity index (χ0) is 71.4. The molecule has 0 bridgehead atoms. The summed E-state index contributed by atoms with van der Waals surface area (Å²) in [5.41, 5.74) is 23.8. The normalized spacial score (nSPS) is 24.3. The van der Waals surface area contributed by atoms with Crippen molar-refractivity contribution in [3.05, 3.63) is 0 Å². The number of nitrogens with two attached hydrogens (primary N) is 4. The zero-order valence-electron chi connectivity index (χ0n) is 57.4. The first-order chi connectivity index (χ1) is 44.4. The van der Waals surface area contributed by atoms with Crippen LogP contribution in [-0.4, -0.2) is 260 Å². The number of thiocarbonyl (C=S) groups is 6. The van der Waals surface area contributed by atoms with Crippen molar-refractivity contribution in [1.29, 1.82) is 0 Å². The molecule has 0 aromatic carbocycles. The zero-order valence-corrected chi connectivity index (χ0v) is 62.3. The molecule has 12 atom stereocenters. The molecular weight excluding hydrogens is 1310 g/mol. The quantitative estimate of drug-likeness (QED) is 0.0693. The van der Waals surface area contributed by atoms with E-state index in [2.05, 4.69) is 32.3 Å². The van der Waals surface area contributed by atoms with Gasteiger partial charge in [0.25, 0.3) is 6.92 Å². The number of nitrogens with one attached hydrogen (secondary N) is 2. The Labute approximate surface area is 597 Å². The molecule has 0 aromatic heterocycles. The Morgan fingerprint density at radius 1 is 0.479 bits per heavy atom. The van der Waals surface area contributed by atoms with Crippen molar-refractivity contribution in [2.24, 2.45) is 28.9 Å². The number of hydrogen-bond acceptors (Lipinski definition) is 24. The highest BCUT2D eigenvalue weighted by Crippen LogP contribution is 2.30. The van der Waals surface area contributed by atoms with Crippen LogP contribution in [0.2, 0.25) is 33.1 Å². The topological polar surface area (TPSA) is 374 Å². The van der Waals surface area contributed by atoms with Crippen molar-refractivity contribution in [2.75, 3.05) is 45.8 Å². The SMILES string of the molecule is CB(O)[C@@H]1CCCN1C(=S)[C@@H]1CCCN1.CB(O)[C@@H]1CCCN1C(=S)[C@H](C)N.CB(O)[C@H](C)CC(=S)[C@@H]1CCCN1.CCC[C@H](N)C(=S)N1CCC[C@H]1B(O)O.CC[C@H](N)C(=S)N1CCC[C@H]1B(C)O.N[C@H](C(=S)N1CCC[C@H]1B(O)O)C1CCCCC1.O=C=O.O=C=O. The summed E-state index contributed by atoms with van der Waals surface area (Å²) in [5, 5.41) is 82.1. The molecule has 0 spiro atoms. The highest BCUT2D eigenvalue weighted by Gasteiger charge is 2.41. The molecule has 0 radical (unpaired) electrons. The van der Waals surface area contributed by atoms with Crippen LogP contribution in [0.3, 0.4) is 0 Å². The van der Waals surface area contributed by atoms with Crippen LogP contribution in [-0.2, 0) is 19.2 Å². The van der Waals surface area contributed by atoms with Gasteiger partial charge in [-0.15, -0.1) is 0 Å². The Morgan fingerprint density at radius 3 is 1.20 bits per heavy atom. The van der Waals surface area contributed by atoms with Gasteiger partial charge >= 0.3 is 47.3 Å². The molecule has 23 nitrogen and oxygen atoms in total. The second-order valence-electron chi connectivity index (χ2n) is 26.2. The fraction of sp³-hybridized carbons (Fsp3) is 0.864. The van der Waals surface area contributed by atoms with Crippen molar-refractivity contribution in [1.82, 2.24) is 35.1 Å². The highest BCUT2D eigenvalue weighted by atomic mass is 32.1. The standard InChI is InChI=1S/C12H23BN2O2S.C10H19BN2OS.C9H19BN2O2S.C9H19BN2OS.C9H18BNOS.C8H17BN2OS.2CO2/c14-11(9-5-2-1-3-6-9)12(18)15-8-4-7-10(15)13(16)17;1-11(14)9-5-3-7-13(9)10(15)8-4-2-6-12-8;1-2-4-7(11)9(15)12-6-3-5-8(12)10(13)14;1-3-7(11)9(14)12-6-4-5-8(12)10(2)13;1-7(10(2)12)6-9(13)8-4-3-5-11-8;1-6(10)8(13)11-5-3-4-7(11)9(2)12;2*2-1-3/h9-11,16-17H,1-8,14H2;8-9,12,14H,2-7H2,1H3;7-8,13-14H,2-6,11H2,1H3;7-8,13H,3-6,11H2,1-2H3;7-8,11-12H,3-6H2,1-2H3;6-7,12H,3-5,10H2,1-2H3;;/t10-,11-;8-,9-;2*7-,8-;7-,8+;6-,7-;;/m000010../s1. The van der Waals surface area contributed by atoms with Crippen molar-refractivity contribution in [3.8, 4) is 0 Å². The fourth-order valence-corrected chi connectivity index (χ4v) is 15.6. The van der Waals surface area contributed by atoms with Gasteiger partial charge in [-0.3, -0.25) is 0 Å². The van der Waals surface area contributed by atoms with Crippen molar-refractivity contribution >= 4 is 157 Å². The molecule has 7 saturated heterocycles. The molecule has 1 saturated carbocycles. The molecule has 94 heavy (non-hydrogen) atoms. The highest BCUT2D eigenvalue weighted by molar-refractivity contribution is 7.81. The monoisotopic (exact) mass is 1430 g/mol. The summed E-state index contributed by atoms with van der Waals surface area (Å²) in [6, 6.07) is 0.443. The third-order valence-electron chi connectivity index (χ3n) is 18.9. The molecule has 35 heteroatoms. The van der Waals surface area contributed by atoms with E-state index in [1.807, 2.05) is 57.9 Å². The number of carbonyl (C=O) groups excluding carboxylic acids is 4. The van der Waals surface area contributed by atoms with Crippen LogP contribution >= 0.6 is 73.3 Å². The Morgan fingerprint density at radius 2 is 0.840 bits per heavy atom. The van der Waals surface area contributed by atoms with E-state index in [0.29, 0.717) is 23.0 Å². The molecule has 1 aliphatic carbocycles. The third-order valence-corrected chi connectivity index (χ3v) is 22.1. The van der Waals surface area contributed by atoms with E-state index in [0.717, 1.165) is 180 Å². The van der Waals surface area contributed by atoms with Crippen LogP contribution in [0, 0.1) is 5.92 Å². The summed E-state index contributed by atoms with van der Waals surface area (Å²) in [6.07, 6.45) is 24.9. The van der Waals surface area contributed by atoms with E-state index >= 15 is 0 Å². The second-order valence-corrected chi connectivity index (χ2v) is 28.8. The lowest BCUT2D eigenvalue weighted by Crippen LogP contribution is -2.52. The molecule has 8 fully saturated rings. The summed E-state index contributed by atoms with van der Waals surface area (Å²) in [6.45, 7) is 20.9. The van der Waals surface area contributed by atoms with Crippen molar-refractivity contribution in [2.45, 2.75) is 274 Å². The lowest BCUT2D eigenvalue weighted by Gasteiger charge is -2.34. The Balaban J connectivity index is 0.000000556. The molecule has 7 aliphatic heterocycles. The smallest absolute Gasteiger partial charge is 0.450 e. The summed E-state index contributed by atoms with van der Waals surface area (Å²) in [5.74, 6) is 0.851. The first-order valence-electron chi connectivity index (χ1n) is 34.4. The number of rotatable bonds is 18. The summed E-state index contributed by atoms with van der Waals surface area (Å²) >= 11 is 32.2. The number of nitrogens with zero attached hydrogens (tertiary/aromatic N) is 5. The van der Waals surface area contributed by atoms with E-state index in [-0.39, 0.29) is 99.7 Å². The van der Waals surface area contributed by atoms with E-state index in [4.69, 9.17) is 115 Å². The molecule has 7 heterocycles. The van der Waals surface area contributed by atoms with Gasteiger partial charge in [-0.2, -0.15) is 19.2 Å². The van der Waals surface area contributed by atoms with Gasteiger partial charge in [0.05, 0.1) is 67.0 Å². The predicted octanol–water partition coefficient (Wildman–Crippen LogP) is 2.58. The van der Waals surface area contributed by atoms with Gasteiger partial charge in [0.2, 0.25) is 0 Å². The molecule has 0 unspecified atom stereocenters. The van der Waals surface area contributed by atoms with Crippen LogP contribution in [0.15, 0.2) is 0 Å². The minimum Gasteiger partial charge on any atom is -0.450 e. The summed E-state index contributed by atoms with van der Waals surface area (Å²) < 4.78 is 0. The Kier molecular flexibility index (Phi) is 47.6. The first-order valence-corrected chi connectivity index (χ1v) is 36.9. The summed E-state index contributed by atoms with van der Waals surface area (Å²) in [4.78, 5) is 47.9. The lowest BCUT2D eigenvalue weighted by atomic mass is 9.58. The maximum atomic E-state index is 9.69. The third kappa shape index (κ3) is 31.3. The number of hydrogen-bond donors (Lipinski definition) is 14. The molecular formula is C59H115B6N11O12S6. The largest absolute Gasteiger partial charge is 0.475 e. The molecule has 532 valence electrons. The van der Waals surface area contributed by atoms with Gasteiger partial charge in [-0.05, 0) is 154 Å². The minimum absolute atomic E-state index is 0.0376. The van der Waals surface area contributed by atoms with Gasteiger partial charge in [0, 0.05) is 61.5 Å². The average Bonchev–Trinajstić information content (AvgIpc) is 1.74. The maximum Gasteiger partial charge on any atom is 0.475 e. The predicted molar refractivity (Wildman–Crippen MR) is 405 cm³/mol. The Bertz CT molecular complexity index is 2270. The van der Waals surface area contributed by atoms with Gasteiger partial charge in [-0.1, -0.05) is 147 Å². The fourth-order valence-electron chi connectivity index (χ4n) is 13.3. The summed E-state index contributed by atoms with van der Waals surface area (Å²) in [7, 11) is -2.64. The van der Waals surface area contributed by atoms with Crippen LogP contribution < -0.4 is 33.6 Å². The Hall–Kier alpha value is -1.87. The minimum atomic E-state index is -1.32. The van der Waals surface area contributed by atoms with E-state index < -0.39 is 14.2 Å². The van der Waals surface area contributed by atoms with Crippen LogP contribution in [0.5, 0.6) is 0 Å². The van der Waals surface area contributed by atoms with E-state index in [1.54, 1.807) is 0 Å². The van der Waals surface area contributed by atoms with Gasteiger partial charge in [0.15, 0.2) is 0 Å². The van der Waals surface area contributed by atoms with Gasteiger partial charge in [0.1, 0.15) is 0 Å². The molecule has 0 amide bonds. The van der Waals surface area contributed by atoms with Crippen molar-refractivity contribution in [3.63, 3.8) is 0 Å². The molecule has 8 aliphatic rings. The second kappa shape index (κ2) is 49.6. The molecule has 8 rings (SSSR count). The average molecular weight is 1430 g/mol. The van der Waals surface area contributed by atoms with Crippen LogP contribution in [0.1, 0.15) is 175 Å². The van der Waals surface area contributed by atoms with Crippen LogP contribution in [0.4, 0.5) is 0 Å². The van der Waals surface area contributed by atoms with Gasteiger partial charge < -0.3 is 98.3 Å². The van der Waals surface area contributed by atoms with E-state index in [9.17, 15) is 40.2 Å².